The number of aliphatic hydroxyl groups excluding tert-OH is 1. The van der Waals surface area contributed by atoms with Crippen molar-refractivity contribution in [2.24, 2.45) is 0 Å². The Hall–Kier alpha value is -2.60. The van der Waals surface area contributed by atoms with Gasteiger partial charge in [0.05, 0.1) is 11.5 Å². The van der Waals surface area contributed by atoms with E-state index in [-0.39, 0.29) is 12.3 Å². The van der Waals surface area contributed by atoms with Crippen LogP contribution in [-0.4, -0.2) is 30.2 Å². The van der Waals surface area contributed by atoms with Crippen molar-refractivity contribution in [3.63, 3.8) is 0 Å². The van der Waals surface area contributed by atoms with Crippen LogP contribution >= 0.6 is 0 Å². The minimum Gasteiger partial charge on any atom is -0.395 e. The summed E-state index contributed by atoms with van der Waals surface area (Å²) in [6.45, 7) is 1.22. The van der Waals surface area contributed by atoms with Crippen LogP contribution in [0.2, 0.25) is 0 Å². The highest BCUT2D eigenvalue weighted by Crippen LogP contribution is 2.18. The van der Waals surface area contributed by atoms with Crippen molar-refractivity contribution in [2.75, 3.05) is 30.4 Å². The van der Waals surface area contributed by atoms with Gasteiger partial charge in [-0.3, -0.25) is 10.1 Å². The van der Waals surface area contributed by atoms with Gasteiger partial charge in [0.1, 0.15) is 0 Å². The first kappa shape index (κ1) is 15.8. The summed E-state index contributed by atoms with van der Waals surface area (Å²) in [4.78, 5) is 12.3. The summed E-state index contributed by atoms with van der Waals surface area (Å²) >= 11 is 0. The van der Waals surface area contributed by atoms with Crippen molar-refractivity contribution >= 4 is 17.1 Å². The molecule has 0 fully saturated rings. The van der Waals surface area contributed by atoms with Crippen molar-refractivity contribution in [1.82, 2.24) is 0 Å². The molecule has 6 heteroatoms. The fourth-order valence-corrected chi connectivity index (χ4v) is 2.10. The van der Waals surface area contributed by atoms with Crippen molar-refractivity contribution < 1.29 is 10.0 Å². The number of nitro groups is 1. The Balaban J connectivity index is 1.97. The molecule has 2 rings (SSSR count). The maximum atomic E-state index is 10.7. The molecule has 0 aliphatic rings. The Morgan fingerprint density at radius 1 is 1.23 bits per heavy atom. The summed E-state index contributed by atoms with van der Waals surface area (Å²) in [5.74, 6) is 0. The van der Waals surface area contributed by atoms with E-state index < -0.39 is 4.92 Å². The largest absolute Gasteiger partial charge is 0.395 e. The molecule has 0 bridgehead atoms. The van der Waals surface area contributed by atoms with Crippen LogP contribution < -0.4 is 10.2 Å². The lowest BCUT2D eigenvalue weighted by atomic mass is 10.2. The molecule has 0 saturated carbocycles. The van der Waals surface area contributed by atoms with E-state index in [9.17, 15) is 10.1 Å². The van der Waals surface area contributed by atoms with E-state index in [1.54, 1.807) is 12.1 Å². The zero-order valence-corrected chi connectivity index (χ0v) is 12.4. The number of nitrogens with one attached hydrogen (secondary N) is 1. The molecule has 0 atom stereocenters. The number of hydrogen-bond acceptors (Lipinski definition) is 5. The maximum Gasteiger partial charge on any atom is 0.269 e. The Labute approximate surface area is 129 Å². The van der Waals surface area contributed by atoms with Crippen LogP contribution in [0.1, 0.15) is 5.56 Å². The Kier molecular flexibility index (Phi) is 5.32. The van der Waals surface area contributed by atoms with Crippen LogP contribution in [0.25, 0.3) is 0 Å². The van der Waals surface area contributed by atoms with Crippen LogP contribution in [0.5, 0.6) is 0 Å². The second-order valence-corrected chi connectivity index (χ2v) is 4.97. The Bertz CT molecular complexity index is 629. The number of nitrogens with zero attached hydrogens (tertiary/aromatic N) is 2. The molecule has 0 saturated heterocycles. The molecule has 0 spiro atoms. The molecule has 0 aliphatic carbocycles. The molecule has 0 aromatic heterocycles. The summed E-state index contributed by atoms with van der Waals surface area (Å²) in [6.07, 6.45) is 0. The van der Waals surface area contributed by atoms with Gasteiger partial charge in [-0.2, -0.15) is 0 Å². The normalized spacial score (nSPS) is 10.3. The van der Waals surface area contributed by atoms with Crippen molar-refractivity contribution in [3.8, 4) is 0 Å². The maximum absolute atomic E-state index is 10.7. The second-order valence-electron chi connectivity index (χ2n) is 4.97. The summed E-state index contributed by atoms with van der Waals surface area (Å²) in [5, 5.41) is 22.9. The van der Waals surface area contributed by atoms with Gasteiger partial charge in [-0.05, 0) is 29.8 Å². The fraction of sp³-hybridized carbons (Fsp3) is 0.250. The fourth-order valence-electron chi connectivity index (χ4n) is 2.10. The summed E-state index contributed by atoms with van der Waals surface area (Å²) < 4.78 is 0. The summed E-state index contributed by atoms with van der Waals surface area (Å²) in [6, 6.07) is 14.4. The van der Waals surface area contributed by atoms with E-state index in [0.29, 0.717) is 13.1 Å². The zero-order valence-electron chi connectivity index (χ0n) is 12.4. The standard InChI is InChI=1S/C16H19N3O3/c1-18(9-10-20)15-7-5-14(6-8-15)17-12-13-3-2-4-16(11-13)19(21)22/h2-8,11,17,20H,9-10,12H2,1H3. The van der Waals surface area contributed by atoms with E-state index in [1.807, 2.05) is 42.3 Å². The van der Waals surface area contributed by atoms with Crippen LogP contribution in [0.3, 0.4) is 0 Å². The first-order valence-corrected chi connectivity index (χ1v) is 6.99. The predicted molar refractivity (Wildman–Crippen MR) is 87.2 cm³/mol. The van der Waals surface area contributed by atoms with Gasteiger partial charge in [-0.25, -0.2) is 0 Å². The molecule has 22 heavy (non-hydrogen) atoms. The van der Waals surface area contributed by atoms with E-state index in [1.165, 1.54) is 6.07 Å². The molecule has 2 N–H and O–H groups in total. The summed E-state index contributed by atoms with van der Waals surface area (Å²) in [5.41, 5.74) is 2.92. The molecular weight excluding hydrogens is 282 g/mol. The topological polar surface area (TPSA) is 78.6 Å². The number of nitro benzene ring substituents is 1. The van der Waals surface area contributed by atoms with E-state index >= 15 is 0 Å². The average molecular weight is 301 g/mol. The molecule has 2 aromatic carbocycles. The number of benzene rings is 2. The quantitative estimate of drug-likeness (QED) is 0.607. The lowest BCUT2D eigenvalue weighted by Crippen LogP contribution is -2.20. The number of likely N-dealkylation sites (N-methyl/N-ethyl adjacent to an activating group) is 1. The molecule has 2 aromatic rings. The van der Waals surface area contributed by atoms with Crippen molar-refractivity contribution in [1.29, 1.82) is 0 Å². The van der Waals surface area contributed by atoms with E-state index in [0.717, 1.165) is 16.9 Å². The van der Waals surface area contributed by atoms with Crippen LogP contribution in [0.15, 0.2) is 48.5 Å². The third-order valence-electron chi connectivity index (χ3n) is 3.36. The average Bonchev–Trinajstić information content (AvgIpc) is 2.54. The third-order valence-corrected chi connectivity index (χ3v) is 3.36. The molecule has 0 radical (unpaired) electrons. The molecule has 0 heterocycles. The first-order chi connectivity index (χ1) is 10.6. The predicted octanol–water partition coefficient (Wildman–Crippen LogP) is 2.64. The molecule has 0 aliphatic heterocycles. The molecular formula is C16H19N3O3. The highest BCUT2D eigenvalue weighted by molar-refractivity contribution is 5.55. The number of rotatable bonds is 7. The highest BCUT2D eigenvalue weighted by Gasteiger charge is 2.05. The number of non-ortho nitro benzene ring substituents is 1. The van der Waals surface area contributed by atoms with E-state index in [4.69, 9.17) is 5.11 Å². The van der Waals surface area contributed by atoms with Gasteiger partial charge in [-0.15, -0.1) is 0 Å². The summed E-state index contributed by atoms with van der Waals surface area (Å²) in [7, 11) is 1.92. The van der Waals surface area contributed by atoms with Gasteiger partial charge in [0.25, 0.3) is 5.69 Å². The SMILES string of the molecule is CN(CCO)c1ccc(NCc2cccc([N+](=O)[O-])c2)cc1. The highest BCUT2D eigenvalue weighted by atomic mass is 16.6. The Morgan fingerprint density at radius 2 is 1.95 bits per heavy atom. The van der Waals surface area contributed by atoms with Gasteiger partial charge in [0.2, 0.25) is 0 Å². The molecule has 0 amide bonds. The minimum absolute atomic E-state index is 0.0975. The van der Waals surface area contributed by atoms with Crippen LogP contribution in [-0.2, 0) is 6.54 Å². The number of anilines is 2. The zero-order chi connectivity index (χ0) is 15.9. The smallest absolute Gasteiger partial charge is 0.269 e. The number of aliphatic hydroxyl groups is 1. The molecule has 0 unspecified atom stereocenters. The van der Waals surface area contributed by atoms with Gasteiger partial charge in [0, 0.05) is 43.6 Å². The van der Waals surface area contributed by atoms with Crippen molar-refractivity contribution in [3.05, 3.63) is 64.2 Å². The van der Waals surface area contributed by atoms with E-state index in [2.05, 4.69) is 5.32 Å². The van der Waals surface area contributed by atoms with Gasteiger partial charge >= 0.3 is 0 Å². The van der Waals surface area contributed by atoms with Crippen LogP contribution in [0.4, 0.5) is 17.1 Å². The Morgan fingerprint density at radius 3 is 2.59 bits per heavy atom. The number of hydrogen-bond donors (Lipinski definition) is 2. The monoisotopic (exact) mass is 301 g/mol. The van der Waals surface area contributed by atoms with Crippen LogP contribution in [0, 0.1) is 10.1 Å². The molecule has 116 valence electrons. The van der Waals surface area contributed by atoms with Crippen molar-refractivity contribution in [2.45, 2.75) is 6.54 Å². The van der Waals surface area contributed by atoms with Gasteiger partial charge in [-0.1, -0.05) is 12.1 Å². The minimum atomic E-state index is -0.394. The first-order valence-electron chi connectivity index (χ1n) is 6.99. The van der Waals surface area contributed by atoms with Gasteiger partial charge < -0.3 is 15.3 Å². The van der Waals surface area contributed by atoms with Gasteiger partial charge in [0.15, 0.2) is 0 Å². The second kappa shape index (κ2) is 7.42. The molecule has 6 nitrogen and oxygen atoms in total. The lowest BCUT2D eigenvalue weighted by molar-refractivity contribution is -0.384. The third kappa shape index (κ3) is 4.20. The lowest BCUT2D eigenvalue weighted by Gasteiger charge is -2.18.